The molecule has 2 aromatic carbocycles. The van der Waals surface area contributed by atoms with Gasteiger partial charge in [-0.05, 0) is 24.3 Å². The van der Waals surface area contributed by atoms with Crippen molar-refractivity contribution in [3.8, 4) is 0 Å². The lowest BCUT2D eigenvalue weighted by atomic mass is 10.2. The minimum Gasteiger partial charge on any atom is -0.353 e. The number of halogens is 3. The van der Waals surface area contributed by atoms with Gasteiger partial charge in [0.05, 0.1) is 5.69 Å². The number of para-hydroxylation sites is 1. The minimum absolute atomic E-state index is 0.0925. The Morgan fingerprint density at radius 3 is 2.12 bits per heavy atom. The van der Waals surface area contributed by atoms with Gasteiger partial charge < -0.3 is 5.32 Å². The maximum atomic E-state index is 13.3. The summed E-state index contributed by atoms with van der Waals surface area (Å²) in [5, 5.41) is 2.66. The van der Waals surface area contributed by atoms with Gasteiger partial charge in [-0.1, -0.05) is 18.2 Å². The van der Waals surface area contributed by atoms with Crippen LogP contribution in [-0.4, -0.2) is 0 Å². The summed E-state index contributed by atoms with van der Waals surface area (Å²) in [6.07, 6.45) is 0. The van der Waals surface area contributed by atoms with Crippen LogP contribution in [0.3, 0.4) is 0 Å². The lowest BCUT2D eigenvalue weighted by Crippen LogP contribution is -1.98. The van der Waals surface area contributed by atoms with Crippen LogP contribution in [0.1, 0.15) is 0 Å². The summed E-state index contributed by atoms with van der Waals surface area (Å²) in [6.45, 7) is 0. The Bertz CT molecular complexity index is 497. The highest BCUT2D eigenvalue weighted by Crippen LogP contribution is 2.23. The van der Waals surface area contributed by atoms with E-state index in [0.717, 1.165) is 12.1 Å². The molecule has 0 bridgehead atoms. The molecule has 0 aliphatic carbocycles. The maximum absolute atomic E-state index is 13.3. The molecule has 0 unspecified atom stereocenters. The number of benzene rings is 2. The molecule has 0 saturated heterocycles. The third-order valence-electron chi connectivity index (χ3n) is 2.09. The second-order valence-corrected chi connectivity index (χ2v) is 3.21. The number of hydrogen-bond donors (Lipinski definition) is 1. The Labute approximate surface area is 90.5 Å². The summed E-state index contributed by atoms with van der Waals surface area (Å²) < 4.78 is 38.8. The number of nitrogens with one attached hydrogen (secondary N) is 1. The Morgan fingerprint density at radius 2 is 1.44 bits per heavy atom. The smallest absolute Gasteiger partial charge is 0.196 e. The summed E-state index contributed by atoms with van der Waals surface area (Å²) in [4.78, 5) is 0. The van der Waals surface area contributed by atoms with Gasteiger partial charge in [-0.25, -0.2) is 13.2 Å². The van der Waals surface area contributed by atoms with Crippen LogP contribution >= 0.6 is 0 Å². The van der Waals surface area contributed by atoms with Crippen molar-refractivity contribution in [2.24, 2.45) is 0 Å². The normalized spacial score (nSPS) is 10.2. The van der Waals surface area contributed by atoms with Crippen molar-refractivity contribution in [1.82, 2.24) is 0 Å². The molecule has 0 heterocycles. The molecule has 82 valence electrons. The van der Waals surface area contributed by atoms with Crippen molar-refractivity contribution in [2.45, 2.75) is 0 Å². The molecular formula is C12H8F3N. The van der Waals surface area contributed by atoms with Gasteiger partial charge in [0.25, 0.3) is 0 Å². The van der Waals surface area contributed by atoms with Crippen LogP contribution in [0.4, 0.5) is 24.5 Å². The molecule has 0 aliphatic heterocycles. The Balaban J connectivity index is 2.33. The third-order valence-corrected chi connectivity index (χ3v) is 2.09. The van der Waals surface area contributed by atoms with Crippen LogP contribution in [0.2, 0.25) is 0 Å². The van der Waals surface area contributed by atoms with E-state index in [1.165, 1.54) is 0 Å². The Kier molecular flexibility index (Phi) is 2.81. The molecule has 0 radical (unpaired) electrons. The molecule has 0 atom stereocenters. The minimum atomic E-state index is -1.47. The van der Waals surface area contributed by atoms with Crippen molar-refractivity contribution < 1.29 is 13.2 Å². The molecule has 1 nitrogen and oxygen atoms in total. The largest absolute Gasteiger partial charge is 0.353 e. The molecule has 0 amide bonds. The van der Waals surface area contributed by atoms with Crippen molar-refractivity contribution >= 4 is 11.4 Å². The maximum Gasteiger partial charge on any atom is 0.196 e. The highest BCUT2D eigenvalue weighted by atomic mass is 19.2. The zero-order chi connectivity index (χ0) is 11.5. The molecule has 0 spiro atoms. The summed E-state index contributed by atoms with van der Waals surface area (Å²) in [5.41, 5.74) is 0.512. The third kappa shape index (κ3) is 2.00. The fourth-order valence-corrected chi connectivity index (χ4v) is 1.30. The van der Waals surface area contributed by atoms with Crippen LogP contribution in [0.25, 0.3) is 0 Å². The lowest BCUT2D eigenvalue weighted by molar-refractivity contribution is 0.449. The molecule has 0 saturated carbocycles. The highest BCUT2D eigenvalue weighted by molar-refractivity contribution is 5.59. The number of anilines is 2. The van der Waals surface area contributed by atoms with E-state index in [0.29, 0.717) is 5.69 Å². The van der Waals surface area contributed by atoms with Crippen molar-refractivity contribution in [2.75, 3.05) is 5.32 Å². The van der Waals surface area contributed by atoms with E-state index in [1.807, 2.05) is 0 Å². The molecule has 0 fully saturated rings. The molecule has 0 aromatic heterocycles. The van der Waals surface area contributed by atoms with Gasteiger partial charge in [0.15, 0.2) is 17.5 Å². The van der Waals surface area contributed by atoms with Crippen LogP contribution < -0.4 is 5.32 Å². The first-order valence-electron chi connectivity index (χ1n) is 4.64. The van der Waals surface area contributed by atoms with Crippen LogP contribution in [0.5, 0.6) is 0 Å². The van der Waals surface area contributed by atoms with E-state index < -0.39 is 17.5 Å². The van der Waals surface area contributed by atoms with Gasteiger partial charge in [0, 0.05) is 5.69 Å². The quantitative estimate of drug-likeness (QED) is 0.762. The summed E-state index contributed by atoms with van der Waals surface area (Å²) in [7, 11) is 0. The van der Waals surface area contributed by atoms with Crippen LogP contribution in [0.15, 0.2) is 42.5 Å². The fraction of sp³-hybridized carbons (Fsp3) is 0. The van der Waals surface area contributed by atoms with Gasteiger partial charge in [-0.2, -0.15) is 0 Å². The molecule has 2 aromatic rings. The SMILES string of the molecule is Fc1ccc(Nc2ccccc2)c(F)c1F. The van der Waals surface area contributed by atoms with E-state index in [9.17, 15) is 13.2 Å². The Hall–Kier alpha value is -1.97. The van der Waals surface area contributed by atoms with Crippen molar-refractivity contribution in [3.05, 3.63) is 59.9 Å². The van der Waals surface area contributed by atoms with Gasteiger partial charge >= 0.3 is 0 Å². The van der Waals surface area contributed by atoms with E-state index in [4.69, 9.17) is 0 Å². The van der Waals surface area contributed by atoms with Crippen molar-refractivity contribution in [3.63, 3.8) is 0 Å². The van der Waals surface area contributed by atoms with E-state index >= 15 is 0 Å². The monoisotopic (exact) mass is 223 g/mol. The van der Waals surface area contributed by atoms with Gasteiger partial charge in [-0.3, -0.25) is 0 Å². The Morgan fingerprint density at radius 1 is 0.750 bits per heavy atom. The highest BCUT2D eigenvalue weighted by Gasteiger charge is 2.12. The van der Waals surface area contributed by atoms with Crippen LogP contribution in [-0.2, 0) is 0 Å². The summed E-state index contributed by atoms with van der Waals surface area (Å²) in [6, 6.07) is 10.7. The van der Waals surface area contributed by atoms with Gasteiger partial charge in [0.1, 0.15) is 0 Å². The summed E-state index contributed by atoms with van der Waals surface area (Å²) in [5.74, 6) is -3.89. The standard InChI is InChI=1S/C12H8F3N/c13-9-6-7-10(12(15)11(9)14)16-8-4-2-1-3-5-8/h1-7,16H. The zero-order valence-corrected chi connectivity index (χ0v) is 8.18. The first-order chi connectivity index (χ1) is 7.68. The van der Waals surface area contributed by atoms with Gasteiger partial charge in [0.2, 0.25) is 0 Å². The van der Waals surface area contributed by atoms with E-state index in [-0.39, 0.29) is 5.69 Å². The van der Waals surface area contributed by atoms with Gasteiger partial charge in [-0.15, -0.1) is 0 Å². The number of rotatable bonds is 2. The molecule has 2 rings (SSSR count). The summed E-state index contributed by atoms with van der Waals surface area (Å²) >= 11 is 0. The zero-order valence-electron chi connectivity index (χ0n) is 8.18. The molecule has 1 N–H and O–H groups in total. The van der Waals surface area contributed by atoms with E-state index in [1.54, 1.807) is 30.3 Å². The second kappa shape index (κ2) is 4.26. The lowest BCUT2D eigenvalue weighted by Gasteiger charge is -2.07. The van der Waals surface area contributed by atoms with Crippen molar-refractivity contribution in [1.29, 1.82) is 0 Å². The van der Waals surface area contributed by atoms with Crippen LogP contribution in [0, 0.1) is 17.5 Å². The molecule has 16 heavy (non-hydrogen) atoms. The average Bonchev–Trinajstić information content (AvgIpc) is 2.31. The molecular weight excluding hydrogens is 215 g/mol. The number of hydrogen-bond acceptors (Lipinski definition) is 1. The predicted molar refractivity (Wildman–Crippen MR) is 56.0 cm³/mol. The average molecular weight is 223 g/mol. The topological polar surface area (TPSA) is 12.0 Å². The first-order valence-corrected chi connectivity index (χ1v) is 4.64. The fourth-order valence-electron chi connectivity index (χ4n) is 1.30. The molecule has 0 aliphatic rings. The molecule has 4 heteroatoms. The second-order valence-electron chi connectivity index (χ2n) is 3.21. The first kappa shape index (κ1) is 10.5. The van der Waals surface area contributed by atoms with E-state index in [2.05, 4.69) is 5.32 Å². The predicted octanol–water partition coefficient (Wildman–Crippen LogP) is 3.85.